The predicted molar refractivity (Wildman–Crippen MR) is 131 cm³/mol. The molecule has 2 aromatic carbocycles. The Morgan fingerprint density at radius 2 is 1.85 bits per heavy atom. The third kappa shape index (κ3) is 4.97. The topological polar surface area (TPSA) is 114 Å². The summed E-state index contributed by atoms with van der Waals surface area (Å²) in [5.74, 6) is -0.987. The highest BCUT2D eigenvalue weighted by Gasteiger charge is 2.32. The normalized spacial score (nSPS) is 13.7. The van der Waals surface area contributed by atoms with Gasteiger partial charge in [-0.2, -0.15) is 5.26 Å². The van der Waals surface area contributed by atoms with Crippen LogP contribution in [0.5, 0.6) is 0 Å². The molecule has 0 bridgehead atoms. The van der Waals surface area contributed by atoms with Crippen molar-refractivity contribution in [1.29, 1.82) is 5.26 Å². The molecule has 0 saturated carbocycles. The zero-order chi connectivity index (χ0) is 25.0. The third-order valence-corrected chi connectivity index (χ3v) is 6.75. The van der Waals surface area contributed by atoms with Gasteiger partial charge in [0, 0.05) is 0 Å². The standard InChI is InChI=1S/C25H26N4O4S/c1-15(2)25(4,14-26)28-21(30)16(3)34-24-27-20-13-17(23(32)33-5)11-12-19(20)22(31)29(24)18-9-7-6-8-10-18/h6-13,15-16H,1-5H3,(H,28,30). The molecule has 3 aromatic rings. The summed E-state index contributed by atoms with van der Waals surface area (Å²) in [5, 5.41) is 12.3. The minimum Gasteiger partial charge on any atom is -0.465 e. The number of nitrogens with one attached hydrogen (secondary N) is 1. The zero-order valence-corrected chi connectivity index (χ0v) is 20.5. The number of hydrogen-bond donors (Lipinski definition) is 1. The number of methoxy groups -OCH3 is 1. The van der Waals surface area contributed by atoms with Gasteiger partial charge in [-0.15, -0.1) is 0 Å². The number of amides is 1. The van der Waals surface area contributed by atoms with Gasteiger partial charge in [0.15, 0.2) is 5.16 Å². The number of thioether (sulfide) groups is 1. The smallest absolute Gasteiger partial charge is 0.337 e. The molecule has 0 aliphatic heterocycles. The maximum atomic E-state index is 13.5. The second-order valence-corrected chi connectivity index (χ2v) is 9.62. The largest absolute Gasteiger partial charge is 0.465 e. The second-order valence-electron chi connectivity index (χ2n) is 8.31. The van der Waals surface area contributed by atoms with Crippen molar-refractivity contribution in [2.75, 3.05) is 7.11 Å². The van der Waals surface area contributed by atoms with Gasteiger partial charge in [-0.1, -0.05) is 43.8 Å². The maximum Gasteiger partial charge on any atom is 0.337 e. The van der Waals surface area contributed by atoms with E-state index in [1.807, 2.05) is 19.9 Å². The van der Waals surface area contributed by atoms with Crippen molar-refractivity contribution in [3.63, 3.8) is 0 Å². The molecule has 9 heteroatoms. The summed E-state index contributed by atoms with van der Waals surface area (Å²) in [6, 6.07) is 15.7. The van der Waals surface area contributed by atoms with Gasteiger partial charge in [0.05, 0.1) is 40.6 Å². The lowest BCUT2D eigenvalue weighted by Gasteiger charge is -2.28. The van der Waals surface area contributed by atoms with Crippen LogP contribution in [0.4, 0.5) is 0 Å². The number of benzene rings is 2. The molecule has 2 atom stereocenters. The lowest BCUT2D eigenvalue weighted by molar-refractivity contribution is -0.121. The summed E-state index contributed by atoms with van der Waals surface area (Å²) in [6.45, 7) is 7.08. The number of rotatable bonds is 7. The Morgan fingerprint density at radius 3 is 2.44 bits per heavy atom. The lowest BCUT2D eigenvalue weighted by Crippen LogP contribution is -2.51. The van der Waals surface area contributed by atoms with Crippen LogP contribution in [0.1, 0.15) is 38.1 Å². The molecule has 0 saturated heterocycles. The SMILES string of the molecule is COC(=O)c1ccc2c(=O)n(-c3ccccc3)c(SC(C)C(=O)NC(C)(C#N)C(C)C)nc2c1. The first-order valence-electron chi connectivity index (χ1n) is 10.7. The van der Waals surface area contributed by atoms with Crippen molar-refractivity contribution in [2.24, 2.45) is 5.92 Å². The maximum absolute atomic E-state index is 13.5. The van der Waals surface area contributed by atoms with Crippen LogP contribution in [-0.4, -0.2) is 39.3 Å². The molecule has 0 radical (unpaired) electrons. The highest BCUT2D eigenvalue weighted by atomic mass is 32.2. The van der Waals surface area contributed by atoms with E-state index in [4.69, 9.17) is 4.74 Å². The van der Waals surface area contributed by atoms with E-state index in [9.17, 15) is 19.6 Å². The van der Waals surface area contributed by atoms with Gasteiger partial charge in [0.2, 0.25) is 5.91 Å². The Kier molecular flexibility index (Phi) is 7.42. The van der Waals surface area contributed by atoms with Crippen LogP contribution in [0.25, 0.3) is 16.6 Å². The van der Waals surface area contributed by atoms with Gasteiger partial charge < -0.3 is 10.1 Å². The number of ether oxygens (including phenoxy) is 1. The lowest BCUT2D eigenvalue weighted by atomic mass is 9.90. The molecule has 1 aromatic heterocycles. The van der Waals surface area contributed by atoms with Crippen LogP contribution >= 0.6 is 11.8 Å². The summed E-state index contributed by atoms with van der Waals surface area (Å²) in [7, 11) is 1.28. The Balaban J connectivity index is 2.10. The molecule has 0 fully saturated rings. The monoisotopic (exact) mass is 478 g/mol. The fraction of sp³-hybridized carbons (Fsp3) is 0.320. The number of hydrogen-bond acceptors (Lipinski definition) is 7. The minimum absolute atomic E-state index is 0.100. The molecule has 0 spiro atoms. The highest BCUT2D eigenvalue weighted by molar-refractivity contribution is 8.00. The van der Waals surface area contributed by atoms with Gasteiger partial charge in [0.25, 0.3) is 5.56 Å². The Morgan fingerprint density at radius 1 is 1.18 bits per heavy atom. The number of fused-ring (bicyclic) bond motifs is 1. The average Bonchev–Trinajstić information content (AvgIpc) is 2.83. The van der Waals surface area contributed by atoms with Crippen LogP contribution in [0.3, 0.4) is 0 Å². The number of nitrogens with zero attached hydrogens (tertiary/aromatic N) is 3. The number of nitriles is 1. The Bertz CT molecular complexity index is 1330. The van der Waals surface area contributed by atoms with Crippen LogP contribution in [0, 0.1) is 17.2 Å². The molecule has 3 rings (SSSR count). The van der Waals surface area contributed by atoms with Crippen LogP contribution in [0.2, 0.25) is 0 Å². The summed E-state index contributed by atoms with van der Waals surface area (Å²) in [6.07, 6.45) is 0. The van der Waals surface area contributed by atoms with Crippen molar-refractivity contribution in [3.8, 4) is 11.8 Å². The van der Waals surface area contributed by atoms with Crippen LogP contribution < -0.4 is 10.9 Å². The molecular formula is C25H26N4O4S. The first-order valence-corrected chi connectivity index (χ1v) is 11.6. The summed E-state index contributed by atoms with van der Waals surface area (Å²) in [5.41, 5.74) is -0.177. The van der Waals surface area contributed by atoms with Gasteiger partial charge in [-0.05, 0) is 50.1 Å². The first-order chi connectivity index (χ1) is 16.1. The van der Waals surface area contributed by atoms with Gasteiger partial charge in [-0.3, -0.25) is 14.2 Å². The molecule has 0 aliphatic rings. The number of para-hydroxylation sites is 1. The molecule has 176 valence electrons. The average molecular weight is 479 g/mol. The van der Waals surface area contributed by atoms with Crippen LogP contribution in [0.15, 0.2) is 58.5 Å². The molecule has 1 heterocycles. The van der Waals surface area contributed by atoms with E-state index in [1.165, 1.54) is 23.8 Å². The van der Waals surface area contributed by atoms with E-state index in [2.05, 4.69) is 16.4 Å². The number of aromatic nitrogens is 2. The van der Waals surface area contributed by atoms with Crippen molar-refractivity contribution < 1.29 is 14.3 Å². The quantitative estimate of drug-likeness (QED) is 0.313. The first kappa shape index (κ1) is 25.0. The summed E-state index contributed by atoms with van der Waals surface area (Å²) in [4.78, 5) is 43.0. The van der Waals surface area contributed by atoms with E-state index in [0.717, 1.165) is 11.8 Å². The molecular weight excluding hydrogens is 452 g/mol. The fourth-order valence-electron chi connectivity index (χ4n) is 3.16. The Labute approximate surface area is 201 Å². The van der Waals surface area contributed by atoms with Gasteiger partial charge in [-0.25, -0.2) is 9.78 Å². The van der Waals surface area contributed by atoms with Crippen LogP contribution in [-0.2, 0) is 9.53 Å². The minimum atomic E-state index is -1.03. The molecule has 1 amide bonds. The van der Waals surface area contributed by atoms with Gasteiger partial charge in [0.1, 0.15) is 5.54 Å². The molecule has 34 heavy (non-hydrogen) atoms. The number of esters is 1. The third-order valence-electron chi connectivity index (χ3n) is 5.70. The summed E-state index contributed by atoms with van der Waals surface area (Å²) >= 11 is 1.10. The van der Waals surface area contributed by atoms with E-state index >= 15 is 0 Å². The number of carbonyl (C=O) groups excluding carboxylic acids is 2. The van der Waals surface area contributed by atoms with E-state index in [0.29, 0.717) is 16.6 Å². The molecule has 8 nitrogen and oxygen atoms in total. The van der Waals surface area contributed by atoms with E-state index in [-0.39, 0.29) is 28.1 Å². The predicted octanol–water partition coefficient (Wildman–Crippen LogP) is 3.71. The van der Waals surface area contributed by atoms with Crippen molar-refractivity contribution >= 4 is 34.5 Å². The zero-order valence-electron chi connectivity index (χ0n) is 19.7. The van der Waals surface area contributed by atoms with Crippen molar-refractivity contribution in [3.05, 3.63) is 64.4 Å². The summed E-state index contributed by atoms with van der Waals surface area (Å²) < 4.78 is 6.22. The van der Waals surface area contributed by atoms with E-state index < -0.39 is 16.8 Å². The number of carbonyl (C=O) groups is 2. The van der Waals surface area contributed by atoms with Crippen molar-refractivity contribution in [1.82, 2.24) is 14.9 Å². The van der Waals surface area contributed by atoms with Gasteiger partial charge >= 0.3 is 5.97 Å². The molecule has 0 aliphatic carbocycles. The Hall–Kier alpha value is -3.64. The highest BCUT2D eigenvalue weighted by Crippen LogP contribution is 2.26. The fourth-order valence-corrected chi connectivity index (χ4v) is 4.09. The second kappa shape index (κ2) is 10.1. The van der Waals surface area contributed by atoms with Crippen molar-refractivity contribution in [2.45, 2.75) is 43.6 Å². The van der Waals surface area contributed by atoms with E-state index in [1.54, 1.807) is 44.2 Å². The molecule has 1 N–H and O–H groups in total. The molecule has 2 unspecified atom stereocenters.